The number of nitriles is 1. The SMILES string of the molecule is CCN1CCC[C@@H](CN(C)Cc2ccc(F)c(C#N)c2)[C@@H]1c1cnn(C)c1. The second-order valence-corrected chi connectivity index (χ2v) is 7.55. The molecule has 6 heteroatoms. The fraction of sp³-hybridized carbons (Fsp3) is 0.524. The van der Waals surface area contributed by atoms with Crippen molar-refractivity contribution in [3.8, 4) is 6.07 Å². The van der Waals surface area contributed by atoms with Gasteiger partial charge in [0.15, 0.2) is 0 Å². The first-order chi connectivity index (χ1) is 13.0. The molecule has 1 saturated heterocycles. The molecule has 2 atom stereocenters. The molecule has 0 unspecified atom stereocenters. The molecule has 27 heavy (non-hydrogen) atoms. The lowest BCUT2D eigenvalue weighted by Gasteiger charge is -2.42. The van der Waals surface area contributed by atoms with E-state index in [2.05, 4.69) is 35.1 Å². The van der Waals surface area contributed by atoms with Crippen LogP contribution in [0.25, 0.3) is 0 Å². The Morgan fingerprint density at radius 2 is 2.22 bits per heavy atom. The Kier molecular flexibility index (Phi) is 6.25. The van der Waals surface area contributed by atoms with Crippen LogP contribution in [0.3, 0.4) is 0 Å². The summed E-state index contributed by atoms with van der Waals surface area (Å²) in [5.74, 6) is 0.0650. The predicted octanol–water partition coefficient (Wildman–Crippen LogP) is 3.34. The summed E-state index contributed by atoms with van der Waals surface area (Å²) in [7, 11) is 4.06. The minimum Gasteiger partial charge on any atom is -0.302 e. The molecule has 0 aliphatic carbocycles. The zero-order chi connectivity index (χ0) is 19.4. The highest BCUT2D eigenvalue weighted by Crippen LogP contribution is 2.36. The number of hydrogen-bond acceptors (Lipinski definition) is 4. The van der Waals surface area contributed by atoms with Gasteiger partial charge >= 0.3 is 0 Å². The van der Waals surface area contributed by atoms with Crippen molar-refractivity contribution in [3.63, 3.8) is 0 Å². The number of aryl methyl sites for hydroxylation is 1. The zero-order valence-electron chi connectivity index (χ0n) is 16.4. The minimum atomic E-state index is -0.452. The molecule has 1 aromatic heterocycles. The molecule has 0 spiro atoms. The van der Waals surface area contributed by atoms with Crippen molar-refractivity contribution < 1.29 is 4.39 Å². The Morgan fingerprint density at radius 3 is 2.89 bits per heavy atom. The number of benzene rings is 1. The first-order valence-corrected chi connectivity index (χ1v) is 9.61. The highest BCUT2D eigenvalue weighted by Gasteiger charge is 2.33. The quantitative estimate of drug-likeness (QED) is 0.784. The van der Waals surface area contributed by atoms with Crippen LogP contribution in [0.4, 0.5) is 4.39 Å². The molecule has 0 saturated carbocycles. The second-order valence-electron chi connectivity index (χ2n) is 7.55. The van der Waals surface area contributed by atoms with Crippen LogP contribution < -0.4 is 0 Å². The van der Waals surface area contributed by atoms with Crippen LogP contribution in [0, 0.1) is 23.1 Å². The van der Waals surface area contributed by atoms with Crippen molar-refractivity contribution in [3.05, 3.63) is 53.1 Å². The predicted molar refractivity (Wildman–Crippen MR) is 103 cm³/mol. The van der Waals surface area contributed by atoms with Crippen molar-refractivity contribution in [2.24, 2.45) is 13.0 Å². The smallest absolute Gasteiger partial charge is 0.140 e. The van der Waals surface area contributed by atoms with Gasteiger partial charge < -0.3 is 4.90 Å². The van der Waals surface area contributed by atoms with Crippen LogP contribution in [0.2, 0.25) is 0 Å². The van der Waals surface area contributed by atoms with Crippen LogP contribution in [0.5, 0.6) is 0 Å². The highest BCUT2D eigenvalue weighted by atomic mass is 19.1. The molecule has 2 aromatic rings. The number of hydrogen-bond donors (Lipinski definition) is 0. The lowest BCUT2D eigenvalue weighted by atomic mass is 9.85. The third-order valence-corrected chi connectivity index (χ3v) is 5.48. The monoisotopic (exact) mass is 369 g/mol. The van der Waals surface area contributed by atoms with E-state index in [0.717, 1.165) is 25.2 Å². The van der Waals surface area contributed by atoms with E-state index >= 15 is 0 Å². The number of rotatable bonds is 6. The fourth-order valence-corrected chi connectivity index (χ4v) is 4.31. The Morgan fingerprint density at radius 1 is 1.41 bits per heavy atom. The normalized spacial score (nSPS) is 20.7. The van der Waals surface area contributed by atoms with Crippen molar-refractivity contribution in [1.82, 2.24) is 19.6 Å². The standard InChI is InChI=1S/C21H28FN5/c1-4-27-9-5-6-17(21(27)19-12-24-26(3)15-19)14-25(2)13-16-7-8-20(22)18(10-16)11-23/h7-8,10,12,15,17,21H,4-6,9,13-14H2,1-3H3/t17-,21+/m0/s1. The summed E-state index contributed by atoms with van der Waals surface area (Å²) in [4.78, 5) is 4.83. The topological polar surface area (TPSA) is 48.1 Å². The molecule has 144 valence electrons. The Bertz CT molecular complexity index is 809. The molecule has 1 aromatic carbocycles. The van der Waals surface area contributed by atoms with Gasteiger partial charge in [-0.05, 0) is 56.6 Å². The molecule has 5 nitrogen and oxygen atoms in total. The van der Waals surface area contributed by atoms with Gasteiger partial charge in [-0.3, -0.25) is 9.58 Å². The largest absolute Gasteiger partial charge is 0.302 e. The summed E-state index contributed by atoms with van der Waals surface area (Å²) in [6.45, 7) is 6.03. The van der Waals surface area contributed by atoms with Gasteiger partial charge in [-0.1, -0.05) is 13.0 Å². The van der Waals surface area contributed by atoms with Crippen LogP contribution in [-0.2, 0) is 13.6 Å². The average molecular weight is 369 g/mol. The maximum Gasteiger partial charge on any atom is 0.140 e. The van der Waals surface area contributed by atoms with E-state index in [1.54, 1.807) is 12.1 Å². The number of halogens is 1. The lowest BCUT2D eigenvalue weighted by Crippen LogP contribution is -2.42. The molecule has 1 aliphatic heterocycles. The summed E-state index contributed by atoms with van der Waals surface area (Å²) < 4.78 is 15.4. The first kappa shape index (κ1) is 19.5. The van der Waals surface area contributed by atoms with Gasteiger partial charge in [-0.2, -0.15) is 10.4 Å². The number of piperidine rings is 1. The number of aromatic nitrogens is 2. The Balaban J connectivity index is 1.72. The third-order valence-electron chi connectivity index (χ3n) is 5.48. The molecule has 1 aliphatic rings. The Labute approximate surface area is 161 Å². The van der Waals surface area contributed by atoms with Crippen molar-refractivity contribution in [1.29, 1.82) is 5.26 Å². The van der Waals surface area contributed by atoms with Gasteiger partial charge in [0.25, 0.3) is 0 Å². The van der Waals surface area contributed by atoms with Crippen molar-refractivity contribution in [2.75, 3.05) is 26.7 Å². The lowest BCUT2D eigenvalue weighted by molar-refractivity contribution is 0.0749. The molecule has 2 heterocycles. The van der Waals surface area contributed by atoms with Crippen molar-refractivity contribution >= 4 is 0 Å². The van der Waals surface area contributed by atoms with Crippen molar-refractivity contribution in [2.45, 2.75) is 32.4 Å². The van der Waals surface area contributed by atoms with Gasteiger partial charge in [0.1, 0.15) is 11.9 Å². The van der Waals surface area contributed by atoms with Gasteiger partial charge in [-0.15, -0.1) is 0 Å². The van der Waals surface area contributed by atoms with E-state index in [1.165, 1.54) is 24.5 Å². The minimum absolute atomic E-state index is 0.115. The zero-order valence-corrected chi connectivity index (χ0v) is 16.4. The maximum absolute atomic E-state index is 13.6. The first-order valence-electron chi connectivity index (χ1n) is 9.61. The van der Waals surface area contributed by atoms with E-state index in [1.807, 2.05) is 24.0 Å². The van der Waals surface area contributed by atoms with Crippen LogP contribution >= 0.6 is 0 Å². The molecular formula is C21H28FN5. The van der Waals surface area contributed by atoms with Gasteiger partial charge in [-0.25, -0.2) is 4.39 Å². The van der Waals surface area contributed by atoms with Gasteiger partial charge in [0.05, 0.1) is 11.8 Å². The van der Waals surface area contributed by atoms with Gasteiger partial charge in [0.2, 0.25) is 0 Å². The maximum atomic E-state index is 13.6. The molecule has 1 fully saturated rings. The van der Waals surface area contributed by atoms with E-state index < -0.39 is 5.82 Å². The molecule has 0 bridgehead atoms. The fourth-order valence-electron chi connectivity index (χ4n) is 4.31. The highest BCUT2D eigenvalue weighted by molar-refractivity contribution is 5.34. The molecule has 0 N–H and O–H groups in total. The van der Waals surface area contributed by atoms with Crippen LogP contribution in [0.1, 0.15) is 42.5 Å². The summed E-state index contributed by atoms with van der Waals surface area (Å²) in [6.07, 6.45) is 6.52. The summed E-state index contributed by atoms with van der Waals surface area (Å²) in [6, 6.07) is 7.12. The Hall–Kier alpha value is -2.23. The number of likely N-dealkylation sites (tertiary alicyclic amines) is 1. The van der Waals surface area contributed by atoms with E-state index in [-0.39, 0.29) is 5.56 Å². The molecular weight excluding hydrogens is 341 g/mol. The molecule has 0 amide bonds. The summed E-state index contributed by atoms with van der Waals surface area (Å²) in [5.41, 5.74) is 2.37. The van der Waals surface area contributed by atoms with Crippen LogP contribution in [-0.4, -0.2) is 46.3 Å². The van der Waals surface area contributed by atoms with E-state index in [4.69, 9.17) is 5.26 Å². The summed E-state index contributed by atoms with van der Waals surface area (Å²) >= 11 is 0. The number of nitrogens with zero attached hydrogens (tertiary/aromatic N) is 5. The second kappa shape index (κ2) is 8.64. The van der Waals surface area contributed by atoms with E-state index in [0.29, 0.717) is 18.5 Å². The molecule has 3 rings (SSSR count). The average Bonchev–Trinajstić information content (AvgIpc) is 3.08. The van der Waals surface area contributed by atoms with E-state index in [9.17, 15) is 4.39 Å². The molecule has 0 radical (unpaired) electrons. The van der Waals surface area contributed by atoms with Crippen LogP contribution in [0.15, 0.2) is 30.6 Å². The summed E-state index contributed by atoms with van der Waals surface area (Å²) in [5, 5.41) is 13.4. The third kappa shape index (κ3) is 4.55. The van der Waals surface area contributed by atoms with Gasteiger partial charge in [0, 0.05) is 37.9 Å².